The first-order chi connectivity index (χ1) is 14.2. The van der Waals surface area contributed by atoms with Gasteiger partial charge in [0, 0.05) is 18.5 Å². The van der Waals surface area contributed by atoms with Crippen molar-refractivity contribution in [2.75, 3.05) is 6.54 Å². The fourth-order valence-electron chi connectivity index (χ4n) is 3.09. The van der Waals surface area contributed by atoms with Crippen molar-refractivity contribution in [1.82, 2.24) is 30.6 Å². The van der Waals surface area contributed by atoms with E-state index < -0.39 is 0 Å². The van der Waals surface area contributed by atoms with Crippen LogP contribution in [0.3, 0.4) is 0 Å². The monoisotopic (exact) mass is 523 g/mol. The molecule has 3 rings (SSSR count). The second-order valence-electron chi connectivity index (χ2n) is 6.79. The van der Waals surface area contributed by atoms with E-state index in [0.717, 1.165) is 48.1 Å². The van der Waals surface area contributed by atoms with E-state index in [-0.39, 0.29) is 24.0 Å². The maximum atomic E-state index is 5.48. The molecule has 0 bridgehead atoms. The Labute approximate surface area is 194 Å². The van der Waals surface area contributed by atoms with Gasteiger partial charge in [0.05, 0.1) is 24.5 Å². The maximum Gasteiger partial charge on any atom is 0.191 e. The van der Waals surface area contributed by atoms with Crippen LogP contribution in [0, 0.1) is 0 Å². The van der Waals surface area contributed by atoms with Crippen LogP contribution in [-0.2, 0) is 13.1 Å². The summed E-state index contributed by atoms with van der Waals surface area (Å²) in [5.41, 5.74) is 3.11. The summed E-state index contributed by atoms with van der Waals surface area (Å²) in [6.07, 6.45) is 5.33. The lowest BCUT2D eigenvalue weighted by atomic mass is 9.99. The van der Waals surface area contributed by atoms with Gasteiger partial charge >= 0.3 is 0 Å². The molecule has 0 aliphatic rings. The van der Waals surface area contributed by atoms with Gasteiger partial charge in [-0.3, -0.25) is 0 Å². The summed E-state index contributed by atoms with van der Waals surface area (Å²) in [5, 5.41) is 14.9. The van der Waals surface area contributed by atoms with Crippen molar-refractivity contribution in [2.45, 2.75) is 52.6 Å². The number of rotatable bonds is 9. The highest BCUT2D eigenvalue weighted by Crippen LogP contribution is 2.22. The van der Waals surface area contributed by atoms with Crippen LogP contribution in [0.25, 0.3) is 5.69 Å². The molecule has 162 valence electrons. The molecule has 0 aliphatic carbocycles. The average molecular weight is 523 g/mol. The third-order valence-electron chi connectivity index (χ3n) is 4.79. The first-order valence-corrected chi connectivity index (χ1v) is 10.1. The highest BCUT2D eigenvalue weighted by atomic mass is 127. The zero-order chi connectivity index (χ0) is 20.5. The second-order valence-corrected chi connectivity index (χ2v) is 6.79. The lowest BCUT2D eigenvalue weighted by Crippen LogP contribution is -2.36. The van der Waals surface area contributed by atoms with E-state index >= 15 is 0 Å². The fourth-order valence-corrected chi connectivity index (χ4v) is 3.09. The third kappa shape index (κ3) is 6.54. The lowest BCUT2D eigenvalue weighted by Gasteiger charge is -2.10. The van der Waals surface area contributed by atoms with E-state index in [0.29, 0.717) is 19.0 Å². The molecule has 30 heavy (non-hydrogen) atoms. The van der Waals surface area contributed by atoms with E-state index in [4.69, 9.17) is 4.52 Å². The Morgan fingerprint density at radius 2 is 1.90 bits per heavy atom. The molecular formula is C21H30IN7O. The SMILES string of the molecule is CCNC(=NCc1ccc(-n2cncn2)cc1)NCc1cc(C(CC)CC)no1.I. The van der Waals surface area contributed by atoms with Gasteiger partial charge in [-0.1, -0.05) is 31.1 Å². The van der Waals surface area contributed by atoms with Crippen LogP contribution < -0.4 is 10.6 Å². The highest BCUT2D eigenvalue weighted by Gasteiger charge is 2.13. The summed E-state index contributed by atoms with van der Waals surface area (Å²) in [7, 11) is 0. The van der Waals surface area contributed by atoms with Gasteiger partial charge in [0.25, 0.3) is 0 Å². The number of aromatic nitrogens is 4. The van der Waals surface area contributed by atoms with E-state index in [9.17, 15) is 0 Å². The summed E-state index contributed by atoms with van der Waals surface area (Å²) in [4.78, 5) is 8.63. The zero-order valence-electron chi connectivity index (χ0n) is 17.7. The lowest BCUT2D eigenvalue weighted by molar-refractivity contribution is 0.368. The quantitative estimate of drug-likeness (QED) is 0.250. The molecule has 1 aromatic carbocycles. The van der Waals surface area contributed by atoms with Crippen molar-refractivity contribution in [3.8, 4) is 5.69 Å². The third-order valence-corrected chi connectivity index (χ3v) is 4.79. The Bertz CT molecular complexity index is 886. The van der Waals surface area contributed by atoms with Crippen molar-refractivity contribution in [3.05, 3.63) is 60.0 Å². The first-order valence-electron chi connectivity index (χ1n) is 10.1. The Morgan fingerprint density at radius 1 is 1.13 bits per heavy atom. The minimum Gasteiger partial charge on any atom is -0.359 e. The number of benzene rings is 1. The van der Waals surface area contributed by atoms with Gasteiger partial charge in [-0.05, 0) is 37.5 Å². The number of hydrogen-bond donors (Lipinski definition) is 2. The molecule has 0 saturated carbocycles. The summed E-state index contributed by atoms with van der Waals surface area (Å²) >= 11 is 0. The number of nitrogens with zero attached hydrogens (tertiary/aromatic N) is 5. The van der Waals surface area contributed by atoms with E-state index in [2.05, 4.69) is 44.7 Å². The number of aliphatic imine (C=N–C) groups is 1. The van der Waals surface area contributed by atoms with Crippen LogP contribution in [0.15, 0.2) is 52.5 Å². The van der Waals surface area contributed by atoms with Gasteiger partial charge in [0.1, 0.15) is 12.7 Å². The molecular weight excluding hydrogens is 493 g/mol. The Morgan fingerprint density at radius 3 is 2.53 bits per heavy atom. The second kappa shape index (κ2) is 12.3. The largest absolute Gasteiger partial charge is 0.359 e. The van der Waals surface area contributed by atoms with Crippen LogP contribution in [-0.4, -0.2) is 32.4 Å². The first kappa shape index (κ1) is 23.8. The predicted octanol–water partition coefficient (Wildman–Crippen LogP) is 4.03. The topological polar surface area (TPSA) is 93.2 Å². The van der Waals surface area contributed by atoms with Gasteiger partial charge in [0.2, 0.25) is 0 Å². The summed E-state index contributed by atoms with van der Waals surface area (Å²) in [6, 6.07) is 10.1. The standard InChI is InChI=1S/C21H29N7O.HI/c1-4-17(5-2)20-11-19(29-27-20)13-25-21(23-6-3)24-12-16-7-9-18(10-8-16)28-15-22-14-26-28;/h7-11,14-15,17H,4-6,12-13H2,1-3H3,(H2,23,24,25);1H. The number of hydrogen-bond acceptors (Lipinski definition) is 5. The predicted molar refractivity (Wildman–Crippen MR) is 128 cm³/mol. The normalized spacial score (nSPS) is 11.4. The fraction of sp³-hybridized carbons (Fsp3) is 0.429. The maximum absolute atomic E-state index is 5.48. The summed E-state index contributed by atoms with van der Waals surface area (Å²) < 4.78 is 7.21. The van der Waals surface area contributed by atoms with Crippen LogP contribution in [0.4, 0.5) is 0 Å². The molecule has 2 aromatic heterocycles. The van der Waals surface area contributed by atoms with Gasteiger partial charge in [0.15, 0.2) is 11.7 Å². The van der Waals surface area contributed by atoms with E-state index in [1.807, 2.05) is 37.3 Å². The summed E-state index contributed by atoms with van der Waals surface area (Å²) in [6.45, 7) is 8.30. The Balaban J connectivity index is 0.00000320. The van der Waals surface area contributed by atoms with Crippen molar-refractivity contribution < 1.29 is 4.52 Å². The van der Waals surface area contributed by atoms with Crippen molar-refractivity contribution in [1.29, 1.82) is 0 Å². The van der Waals surface area contributed by atoms with Gasteiger partial charge in [-0.25, -0.2) is 14.7 Å². The number of nitrogens with one attached hydrogen (secondary N) is 2. The molecule has 0 atom stereocenters. The van der Waals surface area contributed by atoms with E-state index in [1.54, 1.807) is 11.0 Å². The Kier molecular flexibility index (Phi) is 9.78. The highest BCUT2D eigenvalue weighted by molar-refractivity contribution is 14.0. The molecule has 2 N–H and O–H groups in total. The van der Waals surface area contributed by atoms with Crippen LogP contribution >= 0.6 is 24.0 Å². The molecule has 0 fully saturated rings. The van der Waals surface area contributed by atoms with Gasteiger partial charge in [-0.15, -0.1) is 24.0 Å². The molecule has 9 heteroatoms. The minimum absolute atomic E-state index is 0. The van der Waals surface area contributed by atoms with Crippen LogP contribution in [0.1, 0.15) is 56.5 Å². The van der Waals surface area contributed by atoms with Crippen molar-refractivity contribution in [3.63, 3.8) is 0 Å². The van der Waals surface area contributed by atoms with Crippen molar-refractivity contribution in [2.24, 2.45) is 4.99 Å². The number of halogens is 1. The average Bonchev–Trinajstić information content (AvgIpc) is 3.44. The van der Waals surface area contributed by atoms with Crippen LogP contribution in [0.2, 0.25) is 0 Å². The molecule has 2 heterocycles. The molecule has 0 spiro atoms. The van der Waals surface area contributed by atoms with Gasteiger partial charge < -0.3 is 15.2 Å². The summed E-state index contributed by atoms with van der Waals surface area (Å²) in [5.74, 6) is 2.01. The Hall–Kier alpha value is -2.43. The molecule has 0 aliphatic heterocycles. The molecule has 0 unspecified atom stereocenters. The zero-order valence-corrected chi connectivity index (χ0v) is 20.0. The molecule has 0 radical (unpaired) electrons. The van der Waals surface area contributed by atoms with Gasteiger partial charge in [-0.2, -0.15) is 5.10 Å². The smallest absolute Gasteiger partial charge is 0.191 e. The van der Waals surface area contributed by atoms with E-state index in [1.165, 1.54) is 6.33 Å². The molecule has 0 amide bonds. The molecule has 3 aromatic rings. The molecule has 8 nitrogen and oxygen atoms in total. The minimum atomic E-state index is 0. The van der Waals surface area contributed by atoms with Crippen molar-refractivity contribution >= 4 is 29.9 Å². The number of guanidine groups is 1. The molecule has 0 saturated heterocycles. The van der Waals surface area contributed by atoms with Crippen LogP contribution in [0.5, 0.6) is 0 Å².